The van der Waals surface area contributed by atoms with Gasteiger partial charge in [0.15, 0.2) is 0 Å². The molecule has 0 atom stereocenters. The number of fused-ring (bicyclic) bond motifs is 2. The molecule has 5 N–H and O–H groups in total. The monoisotopic (exact) mass is 526 g/mol. The zero-order chi connectivity index (χ0) is 26.1. The maximum absolute atomic E-state index is 9.70. The zero-order valence-electron chi connectivity index (χ0n) is 20.6. The van der Waals surface area contributed by atoms with Crippen molar-refractivity contribution in [1.29, 1.82) is 0 Å². The third-order valence-electron chi connectivity index (χ3n) is 6.12. The Kier molecular flexibility index (Phi) is 6.69. The number of nitrogens with two attached hydrogens (primary N) is 2. The summed E-state index contributed by atoms with van der Waals surface area (Å²) in [6.45, 7) is 3.94. The van der Waals surface area contributed by atoms with E-state index >= 15 is 0 Å². The Morgan fingerprint density at radius 2 is 1.19 bits per heavy atom. The highest BCUT2D eigenvalue weighted by atomic mass is 32.1. The van der Waals surface area contributed by atoms with Gasteiger partial charge in [-0.1, -0.05) is 0 Å². The summed E-state index contributed by atoms with van der Waals surface area (Å²) in [6, 6.07) is 23.0. The van der Waals surface area contributed by atoms with Crippen LogP contribution in [0.1, 0.15) is 11.1 Å². The number of hydrogen-bond donors (Lipinski definition) is 3. The summed E-state index contributed by atoms with van der Waals surface area (Å²) in [5.74, 6) is 1.17. The Morgan fingerprint density at radius 1 is 0.676 bits per heavy atom. The minimum atomic E-state index is 0.315. The van der Waals surface area contributed by atoms with Gasteiger partial charge in [-0.2, -0.15) is 0 Å². The van der Waals surface area contributed by atoms with Crippen LogP contribution < -0.4 is 16.2 Å². The van der Waals surface area contributed by atoms with Crippen LogP contribution in [0.5, 0.6) is 11.5 Å². The molecule has 0 aliphatic carbocycles. The molecular weight excluding hydrogens is 500 g/mol. The van der Waals surface area contributed by atoms with Crippen LogP contribution in [-0.4, -0.2) is 22.2 Å². The molecule has 0 bridgehead atoms. The van der Waals surface area contributed by atoms with E-state index in [1.54, 1.807) is 35.8 Å². The van der Waals surface area contributed by atoms with Crippen molar-refractivity contribution in [2.75, 3.05) is 18.6 Å². The van der Waals surface area contributed by atoms with Crippen LogP contribution in [0.15, 0.2) is 72.8 Å². The number of hydrogen-bond acceptors (Lipinski definition) is 8. The molecule has 6 rings (SSSR count). The van der Waals surface area contributed by atoms with Crippen molar-refractivity contribution in [3.63, 3.8) is 0 Å². The number of aromatic hydroxyl groups is 1. The minimum Gasteiger partial charge on any atom is -0.508 e. The van der Waals surface area contributed by atoms with Gasteiger partial charge in [-0.05, 0) is 92.2 Å². The fraction of sp³-hybridized carbons (Fsp3) is 0.103. The fourth-order valence-corrected chi connectivity index (χ4v) is 6.01. The van der Waals surface area contributed by atoms with Gasteiger partial charge in [0, 0.05) is 28.1 Å². The SMILES string of the molecule is COc1ccc(-c2nc3ccc(N)c(C)c3s2)cc1.Cc1c(O)ccc2nc(-c3ccc(N)cc3)sc12. The quantitative estimate of drug-likeness (QED) is 0.207. The van der Waals surface area contributed by atoms with E-state index in [1.165, 1.54) is 0 Å². The van der Waals surface area contributed by atoms with Gasteiger partial charge >= 0.3 is 0 Å². The molecule has 0 saturated carbocycles. The molecule has 0 aliphatic heterocycles. The van der Waals surface area contributed by atoms with Crippen molar-refractivity contribution < 1.29 is 9.84 Å². The standard InChI is InChI=1S/C15H14N2OS.C14H12N2OS/c1-9-12(16)7-8-13-14(9)19-15(17-13)10-3-5-11(18-2)6-4-10;1-8-12(17)7-6-11-13(8)18-14(16-11)9-2-4-10(15)5-3-9/h3-8H,16H2,1-2H3;2-7,17H,15H2,1H3. The molecule has 2 aromatic heterocycles. The molecule has 0 unspecified atom stereocenters. The zero-order valence-corrected chi connectivity index (χ0v) is 22.3. The number of phenolic OH excluding ortho intramolecular Hbond substituents is 1. The third-order valence-corrected chi connectivity index (χ3v) is 8.60. The van der Waals surface area contributed by atoms with Crippen LogP contribution >= 0.6 is 22.7 Å². The Bertz CT molecular complexity index is 1710. The molecule has 0 saturated heterocycles. The second kappa shape index (κ2) is 10.1. The molecule has 0 radical (unpaired) electrons. The molecule has 37 heavy (non-hydrogen) atoms. The van der Waals surface area contributed by atoms with Crippen LogP contribution in [-0.2, 0) is 0 Å². The lowest BCUT2D eigenvalue weighted by molar-refractivity contribution is 0.415. The summed E-state index contributed by atoms with van der Waals surface area (Å²) in [6.07, 6.45) is 0. The van der Waals surface area contributed by atoms with Crippen molar-refractivity contribution in [2.45, 2.75) is 13.8 Å². The number of rotatable bonds is 3. The summed E-state index contributed by atoms with van der Waals surface area (Å²) >= 11 is 3.26. The molecular formula is C29H26N4O2S2. The molecule has 6 aromatic rings. The molecule has 4 aromatic carbocycles. The molecule has 0 amide bonds. The van der Waals surface area contributed by atoms with Crippen LogP contribution in [0.4, 0.5) is 11.4 Å². The van der Waals surface area contributed by atoms with Crippen LogP contribution in [0.2, 0.25) is 0 Å². The van der Waals surface area contributed by atoms with E-state index in [0.717, 1.165) is 69.8 Å². The first-order valence-electron chi connectivity index (χ1n) is 11.6. The van der Waals surface area contributed by atoms with Crippen molar-refractivity contribution in [2.24, 2.45) is 0 Å². The number of aryl methyl sites for hydroxylation is 2. The first kappa shape index (κ1) is 24.5. The fourth-order valence-electron chi connectivity index (χ4n) is 3.86. The number of benzene rings is 4. The number of ether oxygens (including phenoxy) is 1. The number of anilines is 2. The van der Waals surface area contributed by atoms with Crippen LogP contribution in [0.3, 0.4) is 0 Å². The van der Waals surface area contributed by atoms with Crippen LogP contribution in [0.25, 0.3) is 41.6 Å². The van der Waals surface area contributed by atoms with Gasteiger partial charge in [0.05, 0.1) is 27.5 Å². The van der Waals surface area contributed by atoms with E-state index in [9.17, 15) is 5.11 Å². The Balaban J connectivity index is 0.000000152. The molecule has 2 heterocycles. The van der Waals surface area contributed by atoms with E-state index in [1.807, 2.05) is 80.6 Å². The van der Waals surface area contributed by atoms with Gasteiger partial charge in [0.2, 0.25) is 0 Å². The van der Waals surface area contributed by atoms with Crippen molar-refractivity contribution >= 4 is 54.5 Å². The van der Waals surface area contributed by atoms with Crippen LogP contribution in [0, 0.1) is 13.8 Å². The van der Waals surface area contributed by atoms with Crippen molar-refractivity contribution in [3.8, 4) is 32.6 Å². The first-order valence-corrected chi connectivity index (χ1v) is 13.2. The van der Waals surface area contributed by atoms with Gasteiger partial charge in [-0.25, -0.2) is 9.97 Å². The van der Waals surface area contributed by atoms with Gasteiger partial charge in [-0.3, -0.25) is 0 Å². The number of aromatic nitrogens is 2. The molecule has 6 nitrogen and oxygen atoms in total. The van der Waals surface area contributed by atoms with Gasteiger partial charge in [-0.15, -0.1) is 22.7 Å². The Labute approximate surface area is 222 Å². The smallest absolute Gasteiger partial charge is 0.124 e. The molecule has 8 heteroatoms. The third kappa shape index (κ3) is 4.94. The average molecular weight is 527 g/mol. The largest absolute Gasteiger partial charge is 0.508 e. The van der Waals surface area contributed by atoms with E-state index in [4.69, 9.17) is 16.2 Å². The number of methoxy groups -OCH3 is 1. The minimum absolute atomic E-state index is 0.315. The van der Waals surface area contributed by atoms with Crippen molar-refractivity contribution in [3.05, 3.63) is 83.9 Å². The van der Waals surface area contributed by atoms with Gasteiger partial charge in [0.1, 0.15) is 21.5 Å². The maximum Gasteiger partial charge on any atom is 0.124 e. The number of thiazole rings is 2. The maximum atomic E-state index is 9.70. The second-order valence-electron chi connectivity index (χ2n) is 8.57. The predicted octanol–water partition coefficient (Wildman–Crippen LogP) is 7.42. The summed E-state index contributed by atoms with van der Waals surface area (Å²) in [7, 11) is 1.67. The van der Waals surface area contributed by atoms with E-state index < -0.39 is 0 Å². The summed E-state index contributed by atoms with van der Waals surface area (Å²) in [5, 5.41) is 11.6. The number of phenols is 1. The highest BCUT2D eigenvalue weighted by Gasteiger charge is 2.11. The lowest BCUT2D eigenvalue weighted by atomic mass is 10.2. The molecule has 186 valence electrons. The van der Waals surface area contributed by atoms with Crippen molar-refractivity contribution in [1.82, 2.24) is 9.97 Å². The highest BCUT2D eigenvalue weighted by Crippen LogP contribution is 2.36. The topological polar surface area (TPSA) is 107 Å². The first-order chi connectivity index (χ1) is 17.8. The number of nitrogen functional groups attached to an aromatic ring is 2. The highest BCUT2D eigenvalue weighted by molar-refractivity contribution is 7.22. The van der Waals surface area contributed by atoms with Gasteiger partial charge in [0.25, 0.3) is 0 Å². The summed E-state index contributed by atoms with van der Waals surface area (Å²) in [4.78, 5) is 9.24. The lowest BCUT2D eigenvalue weighted by Crippen LogP contribution is -1.87. The van der Waals surface area contributed by atoms with E-state index in [2.05, 4.69) is 9.97 Å². The van der Waals surface area contributed by atoms with E-state index in [-0.39, 0.29) is 0 Å². The molecule has 0 fully saturated rings. The summed E-state index contributed by atoms with van der Waals surface area (Å²) in [5.41, 5.74) is 19.2. The van der Waals surface area contributed by atoms with E-state index in [0.29, 0.717) is 5.75 Å². The lowest BCUT2D eigenvalue weighted by Gasteiger charge is -1.99. The predicted molar refractivity (Wildman–Crippen MR) is 157 cm³/mol. The Morgan fingerprint density at radius 3 is 1.76 bits per heavy atom. The number of nitrogens with zero attached hydrogens (tertiary/aromatic N) is 2. The van der Waals surface area contributed by atoms with Gasteiger partial charge < -0.3 is 21.3 Å². The molecule has 0 spiro atoms. The summed E-state index contributed by atoms with van der Waals surface area (Å²) < 4.78 is 7.35. The molecule has 0 aliphatic rings. The second-order valence-corrected chi connectivity index (χ2v) is 10.6. The Hall–Kier alpha value is -4.14. The average Bonchev–Trinajstić information content (AvgIpc) is 3.55. The normalized spacial score (nSPS) is 10.9.